The molecule has 0 fully saturated rings. The minimum absolute atomic E-state index is 0.574. The molecule has 2 rings (SSSR count). The highest BCUT2D eigenvalue weighted by Crippen LogP contribution is 2.09. The van der Waals surface area contributed by atoms with Gasteiger partial charge in [0.25, 0.3) is 0 Å². The second kappa shape index (κ2) is 5.23. The Balaban J connectivity index is 1.94. The fraction of sp³-hybridized carbons (Fsp3) is 0.167. The predicted octanol–water partition coefficient (Wildman–Crippen LogP) is 1.55. The Labute approximate surface area is 94.5 Å². The minimum Gasteiger partial charge on any atom is -0.379 e. The number of aromatic nitrogens is 2. The number of hydrogen-bond acceptors (Lipinski definition) is 4. The molecule has 0 saturated carbocycles. The van der Waals surface area contributed by atoms with E-state index in [0.29, 0.717) is 13.1 Å². The molecule has 0 radical (unpaired) electrons. The van der Waals surface area contributed by atoms with Crippen LogP contribution < -0.4 is 11.1 Å². The van der Waals surface area contributed by atoms with Gasteiger partial charge in [0.15, 0.2) is 0 Å². The average Bonchev–Trinajstić information content (AvgIpc) is 2.38. The van der Waals surface area contributed by atoms with Crippen LogP contribution in [0.2, 0.25) is 0 Å². The van der Waals surface area contributed by atoms with Gasteiger partial charge in [-0.3, -0.25) is 9.97 Å². The Morgan fingerprint density at radius 2 is 1.94 bits per heavy atom. The van der Waals surface area contributed by atoms with E-state index in [1.165, 1.54) is 0 Å². The SMILES string of the molecule is NCc1ccc(NCc2cnccn2)cc1. The van der Waals surface area contributed by atoms with Crippen molar-refractivity contribution in [3.05, 3.63) is 54.1 Å². The van der Waals surface area contributed by atoms with Crippen LogP contribution in [0.3, 0.4) is 0 Å². The van der Waals surface area contributed by atoms with Crippen LogP contribution in [0.25, 0.3) is 0 Å². The summed E-state index contributed by atoms with van der Waals surface area (Å²) in [6.45, 7) is 1.25. The average molecular weight is 214 g/mol. The molecule has 2 aromatic rings. The van der Waals surface area contributed by atoms with Gasteiger partial charge >= 0.3 is 0 Å². The van der Waals surface area contributed by atoms with Crippen LogP contribution in [-0.4, -0.2) is 9.97 Å². The molecule has 0 aliphatic rings. The highest BCUT2D eigenvalue weighted by atomic mass is 14.9. The molecule has 3 N–H and O–H groups in total. The molecule has 1 aromatic carbocycles. The molecule has 0 atom stereocenters. The first-order valence-corrected chi connectivity index (χ1v) is 5.16. The third kappa shape index (κ3) is 2.77. The van der Waals surface area contributed by atoms with Gasteiger partial charge in [-0.1, -0.05) is 12.1 Å². The summed E-state index contributed by atoms with van der Waals surface area (Å²) >= 11 is 0. The summed E-state index contributed by atoms with van der Waals surface area (Å²) in [5.41, 5.74) is 8.64. The number of nitrogens with two attached hydrogens (primary N) is 1. The number of hydrogen-bond donors (Lipinski definition) is 2. The lowest BCUT2D eigenvalue weighted by Crippen LogP contribution is -2.02. The van der Waals surface area contributed by atoms with Crippen molar-refractivity contribution in [2.75, 3.05) is 5.32 Å². The van der Waals surface area contributed by atoms with Gasteiger partial charge in [-0.15, -0.1) is 0 Å². The summed E-state index contributed by atoms with van der Waals surface area (Å²) in [6.07, 6.45) is 5.11. The molecule has 1 aromatic heterocycles. The van der Waals surface area contributed by atoms with E-state index >= 15 is 0 Å². The number of rotatable bonds is 4. The molecule has 0 amide bonds. The zero-order valence-electron chi connectivity index (χ0n) is 8.93. The van der Waals surface area contributed by atoms with Crippen molar-refractivity contribution in [2.45, 2.75) is 13.1 Å². The van der Waals surface area contributed by atoms with Gasteiger partial charge < -0.3 is 11.1 Å². The second-order valence-corrected chi connectivity index (χ2v) is 3.45. The van der Waals surface area contributed by atoms with Crippen molar-refractivity contribution in [2.24, 2.45) is 5.73 Å². The lowest BCUT2D eigenvalue weighted by atomic mass is 10.2. The number of nitrogens with one attached hydrogen (secondary N) is 1. The minimum atomic E-state index is 0.574. The molecule has 4 heteroatoms. The predicted molar refractivity (Wildman–Crippen MR) is 63.7 cm³/mol. The Bertz CT molecular complexity index is 425. The zero-order chi connectivity index (χ0) is 11.2. The Morgan fingerprint density at radius 3 is 2.56 bits per heavy atom. The molecular formula is C12H14N4. The number of benzene rings is 1. The lowest BCUT2D eigenvalue weighted by molar-refractivity contribution is 1.01. The second-order valence-electron chi connectivity index (χ2n) is 3.45. The van der Waals surface area contributed by atoms with Crippen molar-refractivity contribution in [1.29, 1.82) is 0 Å². The van der Waals surface area contributed by atoms with Crippen LogP contribution >= 0.6 is 0 Å². The normalized spacial score (nSPS) is 10.1. The topological polar surface area (TPSA) is 63.8 Å². The van der Waals surface area contributed by atoms with E-state index in [9.17, 15) is 0 Å². The van der Waals surface area contributed by atoms with Crippen molar-refractivity contribution >= 4 is 5.69 Å². The first-order chi connectivity index (χ1) is 7.88. The third-order valence-electron chi connectivity index (χ3n) is 2.28. The third-order valence-corrected chi connectivity index (χ3v) is 2.28. The maximum Gasteiger partial charge on any atom is 0.0777 e. The molecule has 0 spiro atoms. The first kappa shape index (κ1) is 10.6. The van der Waals surface area contributed by atoms with Crippen LogP contribution in [0.5, 0.6) is 0 Å². The summed E-state index contributed by atoms with van der Waals surface area (Å²) in [5.74, 6) is 0. The molecule has 0 bridgehead atoms. The summed E-state index contributed by atoms with van der Waals surface area (Å²) in [5, 5.41) is 3.27. The van der Waals surface area contributed by atoms with Crippen LogP contribution in [0.1, 0.15) is 11.3 Å². The van der Waals surface area contributed by atoms with Gasteiger partial charge in [0.1, 0.15) is 0 Å². The zero-order valence-corrected chi connectivity index (χ0v) is 8.93. The fourth-order valence-electron chi connectivity index (χ4n) is 1.37. The molecule has 0 unspecified atom stereocenters. The van der Waals surface area contributed by atoms with E-state index in [1.807, 2.05) is 24.3 Å². The van der Waals surface area contributed by atoms with Crippen molar-refractivity contribution in [3.63, 3.8) is 0 Å². The number of nitrogens with zero attached hydrogens (tertiary/aromatic N) is 2. The summed E-state index contributed by atoms with van der Waals surface area (Å²) in [4.78, 5) is 8.19. The van der Waals surface area contributed by atoms with Crippen molar-refractivity contribution in [3.8, 4) is 0 Å². The van der Waals surface area contributed by atoms with Gasteiger partial charge in [0.05, 0.1) is 18.4 Å². The maximum absolute atomic E-state index is 5.53. The molecule has 16 heavy (non-hydrogen) atoms. The molecule has 82 valence electrons. The van der Waals surface area contributed by atoms with Crippen LogP contribution in [0.4, 0.5) is 5.69 Å². The van der Waals surface area contributed by atoms with E-state index in [-0.39, 0.29) is 0 Å². The molecular weight excluding hydrogens is 200 g/mol. The van der Waals surface area contributed by atoms with E-state index in [0.717, 1.165) is 16.9 Å². The monoisotopic (exact) mass is 214 g/mol. The van der Waals surface area contributed by atoms with E-state index in [4.69, 9.17) is 5.73 Å². The van der Waals surface area contributed by atoms with Crippen LogP contribution in [0, 0.1) is 0 Å². The van der Waals surface area contributed by atoms with E-state index < -0.39 is 0 Å². The Morgan fingerprint density at radius 1 is 1.12 bits per heavy atom. The quantitative estimate of drug-likeness (QED) is 0.810. The highest BCUT2D eigenvalue weighted by Gasteiger charge is 1.95. The van der Waals surface area contributed by atoms with Gasteiger partial charge in [-0.25, -0.2) is 0 Å². The summed E-state index contributed by atoms with van der Waals surface area (Å²) in [7, 11) is 0. The smallest absolute Gasteiger partial charge is 0.0777 e. The van der Waals surface area contributed by atoms with E-state index in [2.05, 4.69) is 15.3 Å². The molecule has 0 aliphatic carbocycles. The fourth-order valence-corrected chi connectivity index (χ4v) is 1.37. The van der Waals surface area contributed by atoms with Crippen LogP contribution in [-0.2, 0) is 13.1 Å². The van der Waals surface area contributed by atoms with Gasteiger partial charge in [-0.05, 0) is 17.7 Å². The Kier molecular flexibility index (Phi) is 3.46. The van der Waals surface area contributed by atoms with E-state index in [1.54, 1.807) is 18.6 Å². The van der Waals surface area contributed by atoms with Gasteiger partial charge in [-0.2, -0.15) is 0 Å². The molecule has 4 nitrogen and oxygen atoms in total. The summed E-state index contributed by atoms with van der Waals surface area (Å²) in [6, 6.07) is 8.05. The largest absolute Gasteiger partial charge is 0.379 e. The van der Waals surface area contributed by atoms with Gasteiger partial charge in [0.2, 0.25) is 0 Å². The molecule has 1 heterocycles. The summed E-state index contributed by atoms with van der Waals surface area (Å²) < 4.78 is 0. The Hall–Kier alpha value is -1.94. The lowest BCUT2D eigenvalue weighted by Gasteiger charge is -2.06. The van der Waals surface area contributed by atoms with Crippen LogP contribution in [0.15, 0.2) is 42.9 Å². The first-order valence-electron chi connectivity index (χ1n) is 5.16. The van der Waals surface area contributed by atoms with Crippen molar-refractivity contribution in [1.82, 2.24) is 9.97 Å². The van der Waals surface area contributed by atoms with Gasteiger partial charge in [0, 0.05) is 24.6 Å². The standard InChI is InChI=1S/C12H14N4/c13-7-10-1-3-11(4-2-10)16-9-12-8-14-5-6-15-12/h1-6,8,16H,7,9,13H2. The maximum atomic E-state index is 5.53. The number of anilines is 1. The molecule has 0 aliphatic heterocycles. The molecule has 0 saturated heterocycles. The van der Waals surface area contributed by atoms with Crippen molar-refractivity contribution < 1.29 is 0 Å². The highest BCUT2D eigenvalue weighted by molar-refractivity contribution is 5.44.